The standard InChI is InChI=1S/C17H19N5S2/c1-12-13(2)23-16(18-12)21-8-10-22(11-9-21)17-19-15(20-24-17)14-6-4-3-5-7-14/h3-7H,8-11H2,1-2H3. The number of thiazole rings is 1. The summed E-state index contributed by atoms with van der Waals surface area (Å²) in [5, 5.41) is 2.16. The van der Waals surface area contributed by atoms with Gasteiger partial charge in [0.2, 0.25) is 5.13 Å². The van der Waals surface area contributed by atoms with Crippen LogP contribution in [0, 0.1) is 13.8 Å². The van der Waals surface area contributed by atoms with Crippen LogP contribution in [0.2, 0.25) is 0 Å². The van der Waals surface area contributed by atoms with E-state index in [0.717, 1.165) is 53.5 Å². The lowest BCUT2D eigenvalue weighted by atomic mass is 10.2. The Bertz CT molecular complexity index is 799. The number of benzene rings is 1. The molecule has 0 aliphatic carbocycles. The van der Waals surface area contributed by atoms with Crippen molar-refractivity contribution in [3.05, 3.63) is 40.9 Å². The molecule has 3 heterocycles. The van der Waals surface area contributed by atoms with Gasteiger partial charge in [0, 0.05) is 48.2 Å². The molecule has 1 aliphatic rings. The molecule has 4 rings (SSSR count). The lowest BCUT2D eigenvalue weighted by Gasteiger charge is -2.34. The Morgan fingerprint density at radius 3 is 2.17 bits per heavy atom. The largest absolute Gasteiger partial charge is 0.345 e. The first kappa shape index (κ1) is 15.5. The first-order chi connectivity index (χ1) is 11.7. The molecule has 0 N–H and O–H groups in total. The van der Waals surface area contributed by atoms with Crippen LogP contribution in [0.25, 0.3) is 11.4 Å². The predicted molar refractivity (Wildman–Crippen MR) is 101 cm³/mol. The zero-order chi connectivity index (χ0) is 16.5. The summed E-state index contributed by atoms with van der Waals surface area (Å²) in [7, 11) is 0. The normalized spacial score (nSPS) is 15.1. The highest BCUT2D eigenvalue weighted by Gasteiger charge is 2.22. The molecule has 24 heavy (non-hydrogen) atoms. The van der Waals surface area contributed by atoms with Gasteiger partial charge in [-0.2, -0.15) is 9.36 Å². The Balaban J connectivity index is 1.44. The Morgan fingerprint density at radius 1 is 0.875 bits per heavy atom. The summed E-state index contributed by atoms with van der Waals surface area (Å²) in [4.78, 5) is 15.4. The van der Waals surface area contributed by atoms with Crippen molar-refractivity contribution < 1.29 is 0 Å². The van der Waals surface area contributed by atoms with Gasteiger partial charge in [-0.1, -0.05) is 30.3 Å². The van der Waals surface area contributed by atoms with Crippen LogP contribution in [0.1, 0.15) is 10.6 Å². The number of anilines is 2. The number of aryl methyl sites for hydroxylation is 2. The van der Waals surface area contributed by atoms with Crippen LogP contribution < -0.4 is 9.80 Å². The average molecular weight is 358 g/mol. The summed E-state index contributed by atoms with van der Waals surface area (Å²) in [5.74, 6) is 0.823. The molecular formula is C17H19N5S2. The van der Waals surface area contributed by atoms with Crippen LogP contribution >= 0.6 is 22.9 Å². The second kappa shape index (κ2) is 6.49. The summed E-state index contributed by atoms with van der Waals surface area (Å²) in [6, 6.07) is 10.2. The van der Waals surface area contributed by atoms with E-state index >= 15 is 0 Å². The fourth-order valence-electron chi connectivity index (χ4n) is 2.73. The molecule has 124 valence electrons. The topological polar surface area (TPSA) is 45.2 Å². The third-order valence-electron chi connectivity index (χ3n) is 4.29. The van der Waals surface area contributed by atoms with Gasteiger partial charge < -0.3 is 9.80 Å². The smallest absolute Gasteiger partial charge is 0.205 e. The molecule has 1 aliphatic heterocycles. The van der Waals surface area contributed by atoms with Gasteiger partial charge in [0.25, 0.3) is 0 Å². The second-order valence-electron chi connectivity index (χ2n) is 5.88. The van der Waals surface area contributed by atoms with Gasteiger partial charge in [0.05, 0.1) is 5.69 Å². The maximum atomic E-state index is 4.72. The van der Waals surface area contributed by atoms with E-state index in [9.17, 15) is 0 Å². The number of rotatable bonds is 3. The Morgan fingerprint density at radius 2 is 1.54 bits per heavy atom. The Hall–Kier alpha value is -1.99. The number of aromatic nitrogens is 3. The minimum absolute atomic E-state index is 0.823. The highest BCUT2D eigenvalue weighted by molar-refractivity contribution is 7.15. The molecule has 0 saturated carbocycles. The lowest BCUT2D eigenvalue weighted by molar-refractivity contribution is 0.650. The summed E-state index contributed by atoms with van der Waals surface area (Å²) in [6.07, 6.45) is 0. The van der Waals surface area contributed by atoms with Crippen LogP contribution in [-0.2, 0) is 0 Å². The van der Waals surface area contributed by atoms with Crippen LogP contribution in [0.15, 0.2) is 30.3 Å². The van der Waals surface area contributed by atoms with Crippen LogP contribution in [0.5, 0.6) is 0 Å². The van der Waals surface area contributed by atoms with E-state index in [2.05, 4.69) is 45.1 Å². The van der Waals surface area contributed by atoms with Gasteiger partial charge >= 0.3 is 0 Å². The molecule has 0 amide bonds. The third-order valence-corrected chi connectivity index (χ3v) is 6.20. The van der Waals surface area contributed by atoms with Gasteiger partial charge in [0.15, 0.2) is 11.0 Å². The number of piperazine rings is 1. The molecule has 0 atom stereocenters. The van der Waals surface area contributed by atoms with Gasteiger partial charge in [-0.3, -0.25) is 0 Å². The molecule has 7 heteroatoms. The molecule has 0 unspecified atom stereocenters. The fourth-order valence-corrected chi connectivity index (χ4v) is 4.43. The highest BCUT2D eigenvalue weighted by Crippen LogP contribution is 2.28. The van der Waals surface area contributed by atoms with E-state index in [1.165, 1.54) is 16.4 Å². The Kier molecular flexibility index (Phi) is 4.20. The van der Waals surface area contributed by atoms with Gasteiger partial charge in [-0.05, 0) is 13.8 Å². The molecule has 0 spiro atoms. The monoisotopic (exact) mass is 357 g/mol. The van der Waals surface area contributed by atoms with E-state index in [4.69, 9.17) is 4.98 Å². The van der Waals surface area contributed by atoms with E-state index in [-0.39, 0.29) is 0 Å². The second-order valence-corrected chi connectivity index (χ2v) is 7.79. The number of nitrogens with zero attached hydrogens (tertiary/aromatic N) is 5. The first-order valence-corrected chi connectivity index (χ1v) is 9.63. The zero-order valence-corrected chi connectivity index (χ0v) is 15.4. The number of hydrogen-bond acceptors (Lipinski definition) is 7. The van der Waals surface area contributed by atoms with Crippen molar-refractivity contribution >= 4 is 33.1 Å². The molecule has 1 saturated heterocycles. The van der Waals surface area contributed by atoms with Crippen LogP contribution in [0.4, 0.5) is 10.3 Å². The van der Waals surface area contributed by atoms with Crippen molar-refractivity contribution in [1.29, 1.82) is 0 Å². The molecule has 5 nitrogen and oxygen atoms in total. The van der Waals surface area contributed by atoms with Crippen molar-refractivity contribution in [2.24, 2.45) is 0 Å². The molecule has 3 aromatic rings. The van der Waals surface area contributed by atoms with E-state index in [0.29, 0.717) is 0 Å². The molecule has 1 aromatic carbocycles. The van der Waals surface area contributed by atoms with Crippen molar-refractivity contribution in [3.63, 3.8) is 0 Å². The van der Waals surface area contributed by atoms with E-state index in [1.54, 1.807) is 11.3 Å². The molecule has 2 aromatic heterocycles. The third kappa shape index (κ3) is 3.01. The fraction of sp³-hybridized carbons (Fsp3) is 0.353. The highest BCUT2D eigenvalue weighted by atomic mass is 32.1. The summed E-state index contributed by atoms with van der Waals surface area (Å²) in [6.45, 7) is 8.10. The van der Waals surface area contributed by atoms with Gasteiger partial charge in [0.1, 0.15) is 0 Å². The average Bonchev–Trinajstić information content (AvgIpc) is 3.24. The number of hydrogen-bond donors (Lipinski definition) is 0. The molecule has 0 radical (unpaired) electrons. The molecule has 1 fully saturated rings. The minimum atomic E-state index is 0.823. The quantitative estimate of drug-likeness (QED) is 0.716. The van der Waals surface area contributed by atoms with Crippen molar-refractivity contribution in [1.82, 2.24) is 14.3 Å². The molecular weight excluding hydrogens is 338 g/mol. The maximum absolute atomic E-state index is 4.72. The van der Waals surface area contributed by atoms with Gasteiger partial charge in [-0.25, -0.2) is 4.98 Å². The zero-order valence-electron chi connectivity index (χ0n) is 13.8. The van der Waals surface area contributed by atoms with Crippen molar-refractivity contribution in [2.45, 2.75) is 13.8 Å². The van der Waals surface area contributed by atoms with Crippen LogP contribution in [0.3, 0.4) is 0 Å². The van der Waals surface area contributed by atoms with Gasteiger partial charge in [-0.15, -0.1) is 11.3 Å². The maximum Gasteiger partial charge on any atom is 0.205 e. The minimum Gasteiger partial charge on any atom is -0.345 e. The first-order valence-electron chi connectivity index (χ1n) is 8.04. The van der Waals surface area contributed by atoms with E-state index in [1.807, 2.05) is 18.2 Å². The predicted octanol–water partition coefficient (Wildman–Crippen LogP) is 3.61. The summed E-state index contributed by atoms with van der Waals surface area (Å²) >= 11 is 3.28. The van der Waals surface area contributed by atoms with E-state index < -0.39 is 0 Å². The summed E-state index contributed by atoms with van der Waals surface area (Å²) in [5.41, 5.74) is 2.22. The van der Waals surface area contributed by atoms with Crippen molar-refractivity contribution in [3.8, 4) is 11.4 Å². The Labute approximate surface area is 149 Å². The van der Waals surface area contributed by atoms with Crippen LogP contribution in [-0.4, -0.2) is 40.5 Å². The molecule has 0 bridgehead atoms. The SMILES string of the molecule is Cc1nc(N2CCN(c3nc(-c4ccccc4)ns3)CC2)sc1C. The summed E-state index contributed by atoms with van der Waals surface area (Å²) < 4.78 is 4.52. The lowest BCUT2D eigenvalue weighted by Crippen LogP contribution is -2.46. The van der Waals surface area contributed by atoms with Crippen molar-refractivity contribution in [2.75, 3.05) is 36.0 Å².